The zero-order chi connectivity index (χ0) is 21.0. The fourth-order valence-electron chi connectivity index (χ4n) is 3.30. The van der Waals surface area contributed by atoms with E-state index in [9.17, 15) is 18.0 Å². The molecule has 1 saturated heterocycles. The standard InChI is InChI=1S/C21H25N3O4S/c1-16-3-7-19(8-4-16)22-21(26)15-23-11-13-24(14-12-23)29(27,28)20-9-5-18(6-10-20)17(2)25/h3-10H,11-15H2,1-2H3,(H,22,26)/p+1. The van der Waals surface area contributed by atoms with Gasteiger partial charge in [0.05, 0.1) is 31.1 Å². The molecule has 1 aliphatic rings. The number of piperazine rings is 1. The van der Waals surface area contributed by atoms with Crippen molar-refractivity contribution in [2.75, 3.05) is 38.0 Å². The molecule has 3 rings (SSSR count). The molecule has 0 aromatic heterocycles. The molecular formula is C21H26N3O4S+. The molecule has 0 radical (unpaired) electrons. The number of carbonyl (C=O) groups excluding carboxylic acids is 2. The highest BCUT2D eigenvalue weighted by molar-refractivity contribution is 7.89. The molecule has 2 aromatic carbocycles. The summed E-state index contributed by atoms with van der Waals surface area (Å²) in [6.07, 6.45) is 0. The zero-order valence-corrected chi connectivity index (χ0v) is 17.5. The molecular weight excluding hydrogens is 390 g/mol. The maximum Gasteiger partial charge on any atom is 0.279 e. The zero-order valence-electron chi connectivity index (χ0n) is 16.6. The van der Waals surface area contributed by atoms with Gasteiger partial charge in [-0.2, -0.15) is 4.31 Å². The Morgan fingerprint density at radius 2 is 1.59 bits per heavy atom. The molecule has 2 aromatic rings. The summed E-state index contributed by atoms with van der Waals surface area (Å²) >= 11 is 0. The van der Waals surface area contributed by atoms with Crippen molar-refractivity contribution < 1.29 is 22.9 Å². The minimum Gasteiger partial charge on any atom is -0.325 e. The molecule has 8 heteroatoms. The van der Waals surface area contributed by atoms with Crippen LogP contribution in [-0.4, -0.2) is 57.1 Å². The molecule has 1 fully saturated rings. The van der Waals surface area contributed by atoms with Crippen LogP contribution in [0.25, 0.3) is 0 Å². The van der Waals surface area contributed by atoms with Gasteiger partial charge in [0.25, 0.3) is 5.91 Å². The van der Waals surface area contributed by atoms with Crippen LogP contribution in [0.15, 0.2) is 53.4 Å². The lowest BCUT2D eigenvalue weighted by Crippen LogP contribution is -3.15. The molecule has 7 nitrogen and oxygen atoms in total. The van der Waals surface area contributed by atoms with Crippen LogP contribution in [0.2, 0.25) is 0 Å². The van der Waals surface area contributed by atoms with Gasteiger partial charge in [-0.05, 0) is 38.1 Å². The molecule has 154 valence electrons. The van der Waals surface area contributed by atoms with Crippen molar-refractivity contribution in [2.45, 2.75) is 18.7 Å². The van der Waals surface area contributed by atoms with Crippen molar-refractivity contribution in [2.24, 2.45) is 0 Å². The quantitative estimate of drug-likeness (QED) is 0.680. The molecule has 0 spiro atoms. The number of ketones is 1. The number of hydrogen-bond acceptors (Lipinski definition) is 4. The monoisotopic (exact) mass is 416 g/mol. The second-order valence-electron chi connectivity index (χ2n) is 7.33. The highest BCUT2D eigenvalue weighted by atomic mass is 32.2. The number of nitrogens with zero attached hydrogens (tertiary/aromatic N) is 1. The first-order valence-electron chi connectivity index (χ1n) is 9.57. The second-order valence-corrected chi connectivity index (χ2v) is 9.26. The number of rotatable bonds is 6. The first-order valence-corrected chi connectivity index (χ1v) is 11.0. The van der Waals surface area contributed by atoms with Crippen LogP contribution < -0.4 is 10.2 Å². The van der Waals surface area contributed by atoms with E-state index in [1.807, 2.05) is 31.2 Å². The van der Waals surface area contributed by atoms with E-state index >= 15 is 0 Å². The highest BCUT2D eigenvalue weighted by Gasteiger charge is 2.31. The van der Waals surface area contributed by atoms with Gasteiger partial charge < -0.3 is 10.2 Å². The Bertz CT molecular complexity index is 978. The largest absolute Gasteiger partial charge is 0.325 e. The molecule has 0 atom stereocenters. The van der Waals surface area contributed by atoms with Crippen molar-refractivity contribution in [3.05, 3.63) is 59.7 Å². The molecule has 0 unspecified atom stereocenters. The Morgan fingerprint density at radius 1 is 1.00 bits per heavy atom. The summed E-state index contributed by atoms with van der Waals surface area (Å²) < 4.78 is 27.1. The normalized spacial score (nSPS) is 15.8. The number of nitrogens with one attached hydrogen (secondary N) is 2. The van der Waals surface area contributed by atoms with Crippen LogP contribution in [0.5, 0.6) is 0 Å². The highest BCUT2D eigenvalue weighted by Crippen LogP contribution is 2.16. The molecule has 0 saturated carbocycles. The molecule has 2 N–H and O–H groups in total. The minimum atomic E-state index is -3.60. The molecule has 0 aliphatic carbocycles. The Morgan fingerprint density at radius 3 is 2.14 bits per heavy atom. The topological polar surface area (TPSA) is 88.0 Å². The van der Waals surface area contributed by atoms with E-state index in [0.717, 1.165) is 16.2 Å². The predicted octanol–water partition coefficient (Wildman–Crippen LogP) is 0.726. The van der Waals surface area contributed by atoms with Crippen LogP contribution >= 0.6 is 0 Å². The molecule has 1 heterocycles. The molecule has 1 aliphatic heterocycles. The average Bonchev–Trinajstić information content (AvgIpc) is 2.70. The third-order valence-electron chi connectivity index (χ3n) is 5.07. The molecule has 0 bridgehead atoms. The average molecular weight is 417 g/mol. The number of benzene rings is 2. The van der Waals surface area contributed by atoms with Crippen molar-refractivity contribution >= 4 is 27.4 Å². The number of carbonyl (C=O) groups is 2. The Balaban J connectivity index is 1.54. The van der Waals surface area contributed by atoms with Crippen molar-refractivity contribution in [1.29, 1.82) is 0 Å². The third kappa shape index (κ3) is 5.29. The van der Waals surface area contributed by atoms with Crippen LogP contribution in [0, 0.1) is 6.92 Å². The lowest BCUT2D eigenvalue weighted by molar-refractivity contribution is -0.895. The van der Waals surface area contributed by atoms with Gasteiger partial charge in [-0.15, -0.1) is 0 Å². The van der Waals surface area contributed by atoms with Gasteiger partial charge >= 0.3 is 0 Å². The fourth-order valence-corrected chi connectivity index (χ4v) is 4.74. The van der Waals surface area contributed by atoms with Gasteiger partial charge in [-0.3, -0.25) is 9.59 Å². The summed E-state index contributed by atoms with van der Waals surface area (Å²) in [4.78, 5) is 24.9. The van der Waals surface area contributed by atoms with Gasteiger partial charge in [0.1, 0.15) is 0 Å². The minimum absolute atomic E-state index is 0.0834. The first kappa shape index (κ1) is 21.2. The van der Waals surface area contributed by atoms with Gasteiger partial charge in [-0.25, -0.2) is 8.42 Å². The van der Waals surface area contributed by atoms with E-state index < -0.39 is 10.0 Å². The number of anilines is 1. The van der Waals surface area contributed by atoms with Crippen molar-refractivity contribution in [1.82, 2.24) is 4.31 Å². The second kappa shape index (κ2) is 8.86. The molecule has 1 amide bonds. The number of quaternary nitrogens is 1. The molecule has 29 heavy (non-hydrogen) atoms. The summed E-state index contributed by atoms with van der Waals surface area (Å²) in [5.41, 5.74) is 2.37. The number of hydrogen-bond donors (Lipinski definition) is 2. The van der Waals surface area contributed by atoms with E-state index in [1.165, 1.54) is 35.5 Å². The van der Waals surface area contributed by atoms with Gasteiger partial charge in [0, 0.05) is 11.3 Å². The van der Waals surface area contributed by atoms with E-state index in [-0.39, 0.29) is 16.6 Å². The SMILES string of the molecule is CC(=O)c1ccc(S(=O)(=O)N2CC[NH+](CC(=O)Nc3ccc(C)cc3)CC2)cc1. The number of aryl methyl sites for hydroxylation is 1. The van der Waals surface area contributed by atoms with Gasteiger partial charge in [0.15, 0.2) is 12.3 Å². The van der Waals surface area contributed by atoms with Crippen LogP contribution in [-0.2, 0) is 14.8 Å². The van der Waals surface area contributed by atoms with Crippen molar-refractivity contribution in [3.63, 3.8) is 0 Å². The summed E-state index contributed by atoms with van der Waals surface area (Å²) in [5.74, 6) is -0.185. The maximum absolute atomic E-state index is 12.8. The summed E-state index contributed by atoms with van der Waals surface area (Å²) in [5, 5.41) is 2.88. The first-order chi connectivity index (χ1) is 13.8. The van der Waals surface area contributed by atoms with E-state index in [4.69, 9.17) is 0 Å². The number of amides is 1. The summed E-state index contributed by atoms with van der Waals surface area (Å²) in [6.45, 7) is 5.56. The van der Waals surface area contributed by atoms with E-state index in [2.05, 4.69) is 5.32 Å². The van der Waals surface area contributed by atoms with Crippen LogP contribution in [0.1, 0.15) is 22.8 Å². The third-order valence-corrected chi connectivity index (χ3v) is 6.99. The van der Waals surface area contributed by atoms with Crippen LogP contribution in [0.3, 0.4) is 0 Å². The van der Waals surface area contributed by atoms with E-state index in [0.29, 0.717) is 38.3 Å². The predicted molar refractivity (Wildman–Crippen MR) is 111 cm³/mol. The Labute approximate surface area is 171 Å². The fraction of sp³-hybridized carbons (Fsp3) is 0.333. The van der Waals surface area contributed by atoms with E-state index in [1.54, 1.807) is 0 Å². The number of sulfonamides is 1. The lowest BCUT2D eigenvalue weighted by Gasteiger charge is -2.31. The van der Waals surface area contributed by atoms with Gasteiger partial charge in [-0.1, -0.05) is 29.8 Å². The Hall–Kier alpha value is -2.55. The number of Topliss-reactive ketones (excluding diaryl/α,β-unsaturated/α-hetero) is 1. The maximum atomic E-state index is 12.8. The summed E-state index contributed by atoms with van der Waals surface area (Å²) in [7, 11) is -3.60. The summed E-state index contributed by atoms with van der Waals surface area (Å²) in [6, 6.07) is 13.6. The van der Waals surface area contributed by atoms with Gasteiger partial charge in [0.2, 0.25) is 10.0 Å². The van der Waals surface area contributed by atoms with Crippen LogP contribution in [0.4, 0.5) is 5.69 Å². The smallest absolute Gasteiger partial charge is 0.279 e. The lowest BCUT2D eigenvalue weighted by atomic mass is 10.2. The van der Waals surface area contributed by atoms with Crippen molar-refractivity contribution in [3.8, 4) is 0 Å². The Kier molecular flexibility index (Phi) is 6.46.